The van der Waals surface area contributed by atoms with Gasteiger partial charge in [0.2, 0.25) is 0 Å². The molecule has 0 radical (unpaired) electrons. The topological polar surface area (TPSA) is 21.3 Å². The summed E-state index contributed by atoms with van der Waals surface area (Å²) in [6, 6.07) is 4.09. The molecule has 2 nitrogen and oxygen atoms in total. The van der Waals surface area contributed by atoms with E-state index >= 15 is 0 Å². The second kappa shape index (κ2) is 6.41. The molecule has 0 saturated carbocycles. The van der Waals surface area contributed by atoms with Crippen LogP contribution < -0.4 is 5.32 Å². The normalized spacial score (nSPS) is 18.7. The van der Waals surface area contributed by atoms with Crippen LogP contribution in [0.1, 0.15) is 39.2 Å². The summed E-state index contributed by atoms with van der Waals surface area (Å²) in [4.78, 5) is 0. The Kier molecular flexibility index (Phi) is 4.99. The first-order chi connectivity index (χ1) is 9.81. The van der Waals surface area contributed by atoms with Crippen LogP contribution in [0, 0.1) is 17.0 Å². The van der Waals surface area contributed by atoms with Gasteiger partial charge in [-0.25, -0.2) is 8.78 Å². The average molecular weight is 297 g/mol. The van der Waals surface area contributed by atoms with Crippen LogP contribution in [0.2, 0.25) is 0 Å². The van der Waals surface area contributed by atoms with Crippen LogP contribution in [-0.2, 0) is 11.2 Å². The smallest absolute Gasteiger partial charge is 0.129 e. The maximum atomic E-state index is 14.0. The Balaban J connectivity index is 2.20. The minimum atomic E-state index is -0.448. The van der Waals surface area contributed by atoms with Crippen molar-refractivity contribution >= 4 is 0 Å². The van der Waals surface area contributed by atoms with Crippen LogP contribution in [0.15, 0.2) is 18.2 Å². The van der Waals surface area contributed by atoms with Gasteiger partial charge in [-0.3, -0.25) is 0 Å². The standard InChI is InChI=1S/C17H25F2NO/c1-16(2,3)20-12-17(7-9-21-10-8-17)11-13-14(18)5-4-6-15(13)19/h4-6,20H,7-12H2,1-3H3. The summed E-state index contributed by atoms with van der Waals surface area (Å²) in [6.07, 6.45) is 2.06. The van der Waals surface area contributed by atoms with E-state index in [0.29, 0.717) is 19.6 Å². The van der Waals surface area contributed by atoms with E-state index in [0.717, 1.165) is 19.4 Å². The lowest BCUT2D eigenvalue weighted by Crippen LogP contribution is -2.47. The largest absolute Gasteiger partial charge is 0.381 e. The number of rotatable bonds is 4. The summed E-state index contributed by atoms with van der Waals surface area (Å²) in [5.41, 5.74) is 0.0447. The van der Waals surface area contributed by atoms with Crippen LogP contribution in [0.25, 0.3) is 0 Å². The number of hydrogen-bond donors (Lipinski definition) is 1. The maximum Gasteiger partial charge on any atom is 0.129 e. The van der Waals surface area contributed by atoms with Gasteiger partial charge in [0.05, 0.1) is 0 Å². The van der Waals surface area contributed by atoms with Crippen LogP contribution in [0.5, 0.6) is 0 Å². The summed E-state index contributed by atoms with van der Waals surface area (Å²) in [6.45, 7) is 8.36. The third kappa shape index (κ3) is 4.48. The predicted octanol–water partition coefficient (Wildman–Crippen LogP) is 3.69. The molecule has 0 spiro atoms. The van der Waals surface area contributed by atoms with E-state index < -0.39 is 11.6 Å². The molecular formula is C17H25F2NO. The summed E-state index contributed by atoms with van der Waals surface area (Å²) in [7, 11) is 0. The lowest BCUT2D eigenvalue weighted by molar-refractivity contribution is 0.0113. The van der Waals surface area contributed by atoms with E-state index in [1.54, 1.807) is 0 Å². The highest BCUT2D eigenvalue weighted by molar-refractivity contribution is 5.21. The Morgan fingerprint density at radius 3 is 2.24 bits per heavy atom. The zero-order chi connectivity index (χ0) is 15.5. The molecule has 1 aliphatic heterocycles. The molecule has 1 saturated heterocycles. The molecule has 0 atom stereocenters. The van der Waals surface area contributed by atoms with E-state index in [9.17, 15) is 8.78 Å². The highest BCUT2D eigenvalue weighted by Crippen LogP contribution is 2.35. The van der Waals surface area contributed by atoms with Crippen molar-refractivity contribution in [3.05, 3.63) is 35.4 Å². The van der Waals surface area contributed by atoms with Gasteiger partial charge in [0.15, 0.2) is 0 Å². The Labute approximate surface area is 125 Å². The molecule has 21 heavy (non-hydrogen) atoms. The lowest BCUT2D eigenvalue weighted by atomic mass is 9.74. The molecule has 2 rings (SSSR count). The molecule has 4 heteroatoms. The fourth-order valence-corrected chi connectivity index (χ4v) is 2.75. The van der Waals surface area contributed by atoms with Crippen molar-refractivity contribution in [1.29, 1.82) is 0 Å². The number of benzene rings is 1. The molecule has 0 amide bonds. The van der Waals surface area contributed by atoms with Crippen molar-refractivity contribution in [2.24, 2.45) is 5.41 Å². The van der Waals surface area contributed by atoms with Gasteiger partial charge in [-0.05, 0) is 57.6 Å². The number of hydrogen-bond acceptors (Lipinski definition) is 2. The summed E-state index contributed by atoms with van der Waals surface area (Å²) >= 11 is 0. The number of halogens is 2. The van der Waals surface area contributed by atoms with Crippen LogP contribution in [0.3, 0.4) is 0 Å². The van der Waals surface area contributed by atoms with Crippen molar-refractivity contribution in [3.63, 3.8) is 0 Å². The summed E-state index contributed by atoms with van der Waals surface area (Å²) < 4.78 is 33.4. The first kappa shape index (κ1) is 16.4. The van der Waals surface area contributed by atoms with Gasteiger partial charge in [-0.1, -0.05) is 6.07 Å². The van der Waals surface area contributed by atoms with Gasteiger partial charge in [0.1, 0.15) is 11.6 Å². The SMILES string of the molecule is CC(C)(C)NCC1(Cc2c(F)cccc2F)CCOCC1. The summed E-state index contributed by atoms with van der Waals surface area (Å²) in [5.74, 6) is -0.895. The molecular weight excluding hydrogens is 272 g/mol. The molecule has 0 unspecified atom stereocenters. The number of ether oxygens (including phenoxy) is 1. The van der Waals surface area contributed by atoms with Gasteiger partial charge < -0.3 is 10.1 Å². The van der Waals surface area contributed by atoms with Crippen molar-refractivity contribution in [2.45, 2.75) is 45.6 Å². The molecule has 1 aliphatic rings. The van der Waals surface area contributed by atoms with Crippen LogP contribution in [-0.4, -0.2) is 25.3 Å². The van der Waals surface area contributed by atoms with Crippen molar-refractivity contribution < 1.29 is 13.5 Å². The average Bonchev–Trinajstić information content (AvgIpc) is 2.42. The van der Waals surface area contributed by atoms with Gasteiger partial charge in [-0.2, -0.15) is 0 Å². The molecule has 0 aliphatic carbocycles. The van der Waals surface area contributed by atoms with E-state index in [1.807, 2.05) is 0 Å². The molecule has 1 aromatic carbocycles. The lowest BCUT2D eigenvalue weighted by Gasteiger charge is -2.40. The zero-order valence-electron chi connectivity index (χ0n) is 13.1. The molecule has 1 heterocycles. The Morgan fingerprint density at radius 2 is 1.71 bits per heavy atom. The molecule has 118 valence electrons. The Bertz CT molecular complexity index is 456. The fourth-order valence-electron chi connectivity index (χ4n) is 2.75. The van der Waals surface area contributed by atoms with Crippen LogP contribution in [0.4, 0.5) is 8.78 Å². The van der Waals surface area contributed by atoms with E-state index in [-0.39, 0.29) is 16.5 Å². The Morgan fingerprint density at radius 1 is 1.14 bits per heavy atom. The van der Waals surface area contributed by atoms with Gasteiger partial charge in [0.25, 0.3) is 0 Å². The van der Waals surface area contributed by atoms with Gasteiger partial charge in [0, 0.05) is 30.9 Å². The first-order valence-corrected chi connectivity index (χ1v) is 7.57. The highest BCUT2D eigenvalue weighted by Gasteiger charge is 2.35. The van der Waals surface area contributed by atoms with E-state index in [2.05, 4.69) is 26.1 Å². The highest BCUT2D eigenvalue weighted by atomic mass is 19.1. The quantitative estimate of drug-likeness (QED) is 0.915. The monoisotopic (exact) mass is 297 g/mol. The third-order valence-corrected chi connectivity index (χ3v) is 4.16. The molecule has 1 aromatic rings. The van der Waals surface area contributed by atoms with Crippen LogP contribution >= 0.6 is 0 Å². The minimum absolute atomic E-state index is 0.0148. The van der Waals surface area contributed by atoms with Gasteiger partial charge >= 0.3 is 0 Å². The van der Waals surface area contributed by atoms with Gasteiger partial charge in [-0.15, -0.1) is 0 Å². The second-order valence-corrected chi connectivity index (χ2v) is 7.09. The zero-order valence-corrected chi connectivity index (χ0v) is 13.1. The molecule has 0 bridgehead atoms. The Hall–Kier alpha value is -1.00. The van der Waals surface area contributed by atoms with Crippen molar-refractivity contribution in [2.75, 3.05) is 19.8 Å². The molecule has 0 aromatic heterocycles. The van der Waals surface area contributed by atoms with E-state index in [4.69, 9.17) is 4.74 Å². The maximum absolute atomic E-state index is 14.0. The third-order valence-electron chi connectivity index (χ3n) is 4.16. The summed E-state index contributed by atoms with van der Waals surface area (Å²) in [5, 5.41) is 3.49. The minimum Gasteiger partial charge on any atom is -0.381 e. The van der Waals surface area contributed by atoms with Crippen molar-refractivity contribution in [3.8, 4) is 0 Å². The van der Waals surface area contributed by atoms with E-state index in [1.165, 1.54) is 18.2 Å². The molecule has 1 N–H and O–H groups in total. The predicted molar refractivity (Wildman–Crippen MR) is 80.3 cm³/mol. The van der Waals surface area contributed by atoms with Crippen molar-refractivity contribution in [1.82, 2.24) is 5.32 Å². The first-order valence-electron chi connectivity index (χ1n) is 7.57. The molecule has 1 fully saturated rings. The second-order valence-electron chi connectivity index (χ2n) is 7.09. The number of nitrogens with one attached hydrogen (secondary N) is 1. The fraction of sp³-hybridized carbons (Fsp3) is 0.647.